The quantitative estimate of drug-likeness (QED) is 0.696. The van der Waals surface area contributed by atoms with Gasteiger partial charge < -0.3 is 19.8 Å². The first kappa shape index (κ1) is 14.2. The van der Waals surface area contributed by atoms with Gasteiger partial charge in [0.05, 0.1) is 6.26 Å². The molecule has 0 aliphatic heterocycles. The van der Waals surface area contributed by atoms with Gasteiger partial charge in [0.25, 0.3) is 5.91 Å². The summed E-state index contributed by atoms with van der Waals surface area (Å²) < 4.78 is 10.1. The number of ether oxygens (including phenoxy) is 1. The molecule has 0 spiro atoms. The van der Waals surface area contributed by atoms with Gasteiger partial charge in [0.1, 0.15) is 6.10 Å². The summed E-state index contributed by atoms with van der Waals surface area (Å²) in [5.41, 5.74) is 0. The van der Waals surface area contributed by atoms with Crippen molar-refractivity contribution in [2.45, 2.75) is 20.0 Å². The fraction of sp³-hybridized carbons (Fsp3) is 0.500. The third kappa shape index (κ3) is 4.58. The Hall–Kier alpha value is -1.82. The normalized spacial score (nSPS) is 11.9. The molecule has 0 radical (unpaired) electrons. The maximum atomic E-state index is 11.4. The zero-order valence-electron chi connectivity index (χ0n) is 10.6. The topological polar surface area (TPSA) is 80.6 Å². The molecule has 0 saturated heterocycles. The fourth-order valence-electron chi connectivity index (χ4n) is 1.33. The first-order valence-electron chi connectivity index (χ1n) is 5.86. The lowest BCUT2D eigenvalue weighted by molar-refractivity contribution is -0.131. The van der Waals surface area contributed by atoms with Crippen LogP contribution in [0.25, 0.3) is 0 Å². The molecule has 1 aromatic heterocycles. The van der Waals surface area contributed by atoms with E-state index in [1.54, 1.807) is 19.1 Å². The number of amides is 2. The summed E-state index contributed by atoms with van der Waals surface area (Å²) in [5, 5.41) is 5.28. The molecule has 0 bridgehead atoms. The Kier molecular flexibility index (Phi) is 5.93. The molecule has 1 aromatic rings. The van der Waals surface area contributed by atoms with Crippen LogP contribution in [0.15, 0.2) is 22.8 Å². The Bertz CT molecular complexity index is 375. The minimum Gasteiger partial charge on any atom is -0.459 e. The molecule has 1 heterocycles. The molecular formula is C12H18N2O4. The maximum absolute atomic E-state index is 11.4. The molecule has 2 N–H and O–H groups in total. The number of carbonyl (C=O) groups excluding carboxylic acids is 2. The van der Waals surface area contributed by atoms with Crippen molar-refractivity contribution >= 4 is 11.8 Å². The van der Waals surface area contributed by atoms with Gasteiger partial charge in [-0.05, 0) is 26.0 Å². The highest BCUT2D eigenvalue weighted by Crippen LogP contribution is 1.98. The van der Waals surface area contributed by atoms with E-state index < -0.39 is 6.10 Å². The van der Waals surface area contributed by atoms with Gasteiger partial charge >= 0.3 is 0 Å². The molecule has 2 amide bonds. The average molecular weight is 254 g/mol. The maximum Gasteiger partial charge on any atom is 0.287 e. The number of rotatable bonds is 7. The number of furan rings is 1. The molecule has 0 saturated carbocycles. The van der Waals surface area contributed by atoms with Crippen molar-refractivity contribution < 1.29 is 18.7 Å². The van der Waals surface area contributed by atoms with Crippen LogP contribution in [-0.2, 0) is 9.53 Å². The summed E-state index contributed by atoms with van der Waals surface area (Å²) in [6.07, 6.45) is 0.955. The lowest BCUT2D eigenvalue weighted by Crippen LogP contribution is -2.39. The third-order valence-corrected chi connectivity index (χ3v) is 2.24. The van der Waals surface area contributed by atoms with E-state index in [9.17, 15) is 9.59 Å². The van der Waals surface area contributed by atoms with Gasteiger partial charge in [-0.15, -0.1) is 0 Å². The van der Waals surface area contributed by atoms with Gasteiger partial charge in [0, 0.05) is 19.7 Å². The first-order chi connectivity index (χ1) is 8.65. The molecule has 0 fully saturated rings. The summed E-state index contributed by atoms with van der Waals surface area (Å²) in [5.74, 6) is -0.236. The van der Waals surface area contributed by atoms with Crippen LogP contribution in [-0.4, -0.2) is 37.6 Å². The highest BCUT2D eigenvalue weighted by atomic mass is 16.5. The molecule has 0 aliphatic carbocycles. The summed E-state index contributed by atoms with van der Waals surface area (Å²) in [7, 11) is 0. The molecule has 18 heavy (non-hydrogen) atoms. The Morgan fingerprint density at radius 1 is 1.39 bits per heavy atom. The number of carbonyl (C=O) groups is 2. The van der Waals surface area contributed by atoms with E-state index >= 15 is 0 Å². The molecular weight excluding hydrogens is 236 g/mol. The second-order valence-electron chi connectivity index (χ2n) is 3.62. The van der Waals surface area contributed by atoms with Crippen molar-refractivity contribution in [3.05, 3.63) is 24.2 Å². The van der Waals surface area contributed by atoms with E-state index in [1.807, 2.05) is 6.92 Å². The minimum absolute atomic E-state index is 0.191. The molecule has 6 heteroatoms. The molecule has 1 atom stereocenters. The highest BCUT2D eigenvalue weighted by Gasteiger charge is 2.12. The lowest BCUT2D eigenvalue weighted by Gasteiger charge is -2.12. The molecule has 1 rings (SSSR count). The summed E-state index contributed by atoms with van der Waals surface area (Å²) >= 11 is 0. The van der Waals surface area contributed by atoms with Crippen molar-refractivity contribution in [3.8, 4) is 0 Å². The molecule has 0 aliphatic rings. The average Bonchev–Trinajstić information content (AvgIpc) is 2.88. The smallest absolute Gasteiger partial charge is 0.287 e. The fourth-order valence-corrected chi connectivity index (χ4v) is 1.33. The van der Waals surface area contributed by atoms with Crippen LogP contribution in [0.1, 0.15) is 24.4 Å². The molecule has 6 nitrogen and oxygen atoms in total. The second-order valence-corrected chi connectivity index (χ2v) is 3.62. The van der Waals surface area contributed by atoms with E-state index in [0.717, 1.165) is 0 Å². The van der Waals surface area contributed by atoms with Crippen LogP contribution in [0.4, 0.5) is 0 Å². The summed E-state index contributed by atoms with van der Waals surface area (Å²) in [4.78, 5) is 22.9. The largest absolute Gasteiger partial charge is 0.459 e. The Morgan fingerprint density at radius 3 is 2.72 bits per heavy atom. The predicted octanol–water partition coefficient (Wildman–Crippen LogP) is 0.551. The number of hydrogen-bond donors (Lipinski definition) is 2. The van der Waals surface area contributed by atoms with Crippen molar-refractivity contribution in [3.63, 3.8) is 0 Å². The molecule has 0 aromatic carbocycles. The van der Waals surface area contributed by atoms with Crippen molar-refractivity contribution in [2.24, 2.45) is 0 Å². The SMILES string of the molecule is CCO[C@H](C)C(=O)NCCNC(=O)c1ccco1. The Morgan fingerprint density at radius 2 is 2.11 bits per heavy atom. The zero-order valence-corrected chi connectivity index (χ0v) is 10.6. The second kappa shape index (κ2) is 7.50. The van der Waals surface area contributed by atoms with E-state index in [2.05, 4.69) is 10.6 Å². The zero-order chi connectivity index (χ0) is 13.4. The van der Waals surface area contributed by atoms with Gasteiger partial charge in [-0.2, -0.15) is 0 Å². The van der Waals surface area contributed by atoms with Crippen LogP contribution in [0.2, 0.25) is 0 Å². The van der Waals surface area contributed by atoms with Crippen molar-refractivity contribution in [1.29, 1.82) is 0 Å². The number of nitrogens with one attached hydrogen (secondary N) is 2. The first-order valence-corrected chi connectivity index (χ1v) is 5.86. The Labute approximate surface area is 106 Å². The van der Waals surface area contributed by atoms with E-state index in [0.29, 0.717) is 19.7 Å². The van der Waals surface area contributed by atoms with Gasteiger partial charge in [-0.25, -0.2) is 0 Å². The highest BCUT2D eigenvalue weighted by molar-refractivity contribution is 5.91. The van der Waals surface area contributed by atoms with E-state index in [1.165, 1.54) is 6.26 Å². The van der Waals surface area contributed by atoms with E-state index in [4.69, 9.17) is 9.15 Å². The third-order valence-electron chi connectivity index (χ3n) is 2.24. The minimum atomic E-state index is -0.476. The van der Waals surface area contributed by atoms with Gasteiger partial charge in [-0.1, -0.05) is 0 Å². The van der Waals surface area contributed by atoms with Gasteiger partial charge in [-0.3, -0.25) is 9.59 Å². The molecule has 0 unspecified atom stereocenters. The van der Waals surface area contributed by atoms with Gasteiger partial charge in [0.15, 0.2) is 5.76 Å². The van der Waals surface area contributed by atoms with Crippen LogP contribution in [0.5, 0.6) is 0 Å². The lowest BCUT2D eigenvalue weighted by atomic mass is 10.3. The van der Waals surface area contributed by atoms with Crippen molar-refractivity contribution in [1.82, 2.24) is 10.6 Å². The van der Waals surface area contributed by atoms with Crippen LogP contribution in [0, 0.1) is 0 Å². The van der Waals surface area contributed by atoms with Crippen LogP contribution >= 0.6 is 0 Å². The monoisotopic (exact) mass is 254 g/mol. The number of hydrogen-bond acceptors (Lipinski definition) is 4. The van der Waals surface area contributed by atoms with Crippen LogP contribution < -0.4 is 10.6 Å². The van der Waals surface area contributed by atoms with Gasteiger partial charge in [0.2, 0.25) is 5.91 Å². The predicted molar refractivity (Wildman–Crippen MR) is 65.1 cm³/mol. The summed E-state index contributed by atoms with van der Waals surface area (Å²) in [6.45, 7) is 4.68. The van der Waals surface area contributed by atoms with Crippen molar-refractivity contribution in [2.75, 3.05) is 19.7 Å². The standard InChI is InChI=1S/C12H18N2O4/c1-3-17-9(2)11(15)13-6-7-14-12(16)10-5-4-8-18-10/h4-5,8-9H,3,6-7H2,1-2H3,(H,13,15)(H,14,16)/t9-/m1/s1. The Balaban J connectivity index is 2.15. The molecule has 100 valence electrons. The summed E-state index contributed by atoms with van der Waals surface area (Å²) in [6, 6.07) is 3.21. The van der Waals surface area contributed by atoms with E-state index in [-0.39, 0.29) is 17.6 Å². The van der Waals surface area contributed by atoms with Crippen LogP contribution in [0.3, 0.4) is 0 Å².